The molecular weight excluding hydrogens is 214 g/mol. The van der Waals surface area contributed by atoms with Crippen molar-refractivity contribution in [3.63, 3.8) is 0 Å². The van der Waals surface area contributed by atoms with E-state index >= 15 is 0 Å². The third-order valence-electron chi connectivity index (χ3n) is 3.06. The van der Waals surface area contributed by atoms with Gasteiger partial charge in [-0.3, -0.25) is 0 Å². The smallest absolute Gasteiger partial charge is 0.157 e. The molecular formula is C14H19NO2. The lowest BCUT2D eigenvalue weighted by molar-refractivity contribution is 0.0857. The fourth-order valence-electron chi connectivity index (χ4n) is 2.02. The second kappa shape index (κ2) is 5.71. The molecule has 0 amide bonds. The predicted octanol–water partition coefficient (Wildman–Crippen LogP) is 3.79. The van der Waals surface area contributed by atoms with E-state index in [0.717, 1.165) is 24.1 Å². The highest BCUT2D eigenvalue weighted by atomic mass is 16.6. The number of benzene rings is 1. The maximum absolute atomic E-state index is 9.23. The fraction of sp³-hybridized carbons (Fsp3) is 0.500. The van der Waals surface area contributed by atoms with Gasteiger partial charge >= 0.3 is 0 Å². The van der Waals surface area contributed by atoms with Crippen LogP contribution in [0, 0.1) is 0 Å². The molecule has 2 rings (SSSR count). The van der Waals surface area contributed by atoms with Gasteiger partial charge in [-0.05, 0) is 30.5 Å². The van der Waals surface area contributed by atoms with E-state index in [9.17, 15) is 5.11 Å². The summed E-state index contributed by atoms with van der Waals surface area (Å²) in [7, 11) is 0. The SMILES string of the molecule is CCCCCC1=NOC(c2ccc(O)cc2)C1. The zero-order chi connectivity index (χ0) is 12.1. The van der Waals surface area contributed by atoms with E-state index in [2.05, 4.69) is 12.1 Å². The average Bonchev–Trinajstić information content (AvgIpc) is 2.79. The van der Waals surface area contributed by atoms with E-state index in [1.165, 1.54) is 19.3 Å². The summed E-state index contributed by atoms with van der Waals surface area (Å²) in [6.07, 6.45) is 5.64. The highest BCUT2D eigenvalue weighted by Gasteiger charge is 2.22. The van der Waals surface area contributed by atoms with Gasteiger partial charge in [0.05, 0.1) is 5.71 Å². The normalized spacial score (nSPS) is 18.9. The monoisotopic (exact) mass is 233 g/mol. The number of phenolic OH excluding ortho intramolecular Hbond substituents is 1. The summed E-state index contributed by atoms with van der Waals surface area (Å²) in [5, 5.41) is 13.4. The van der Waals surface area contributed by atoms with Crippen molar-refractivity contribution in [2.45, 2.75) is 45.1 Å². The molecule has 0 spiro atoms. The molecule has 1 aliphatic rings. The van der Waals surface area contributed by atoms with Crippen molar-refractivity contribution in [3.8, 4) is 5.75 Å². The number of oxime groups is 1. The first-order valence-corrected chi connectivity index (χ1v) is 6.30. The Hall–Kier alpha value is -1.51. The molecule has 1 aromatic rings. The van der Waals surface area contributed by atoms with Crippen molar-refractivity contribution in [1.82, 2.24) is 0 Å². The van der Waals surface area contributed by atoms with Crippen LogP contribution in [0.5, 0.6) is 5.75 Å². The summed E-state index contributed by atoms with van der Waals surface area (Å²) in [6.45, 7) is 2.20. The van der Waals surface area contributed by atoms with Gasteiger partial charge in [0.1, 0.15) is 5.75 Å². The summed E-state index contributed by atoms with van der Waals surface area (Å²) < 4.78 is 0. The van der Waals surface area contributed by atoms with Crippen LogP contribution in [0.25, 0.3) is 0 Å². The molecule has 1 unspecified atom stereocenters. The quantitative estimate of drug-likeness (QED) is 0.786. The largest absolute Gasteiger partial charge is 0.508 e. The second-order valence-electron chi connectivity index (χ2n) is 4.50. The van der Waals surface area contributed by atoms with Gasteiger partial charge in [0.2, 0.25) is 0 Å². The lowest BCUT2D eigenvalue weighted by Crippen LogP contribution is -1.99. The van der Waals surface area contributed by atoms with Crippen molar-refractivity contribution in [2.75, 3.05) is 0 Å². The molecule has 1 N–H and O–H groups in total. The second-order valence-corrected chi connectivity index (χ2v) is 4.50. The van der Waals surface area contributed by atoms with E-state index < -0.39 is 0 Å². The maximum atomic E-state index is 9.23. The molecule has 1 aliphatic heterocycles. The number of rotatable bonds is 5. The molecule has 3 heteroatoms. The van der Waals surface area contributed by atoms with E-state index in [4.69, 9.17) is 4.84 Å². The fourth-order valence-corrected chi connectivity index (χ4v) is 2.02. The number of nitrogens with zero attached hydrogens (tertiary/aromatic N) is 1. The number of unbranched alkanes of at least 4 members (excludes halogenated alkanes) is 2. The lowest BCUT2D eigenvalue weighted by Gasteiger charge is -2.08. The Morgan fingerprint density at radius 2 is 2.06 bits per heavy atom. The van der Waals surface area contributed by atoms with E-state index in [-0.39, 0.29) is 11.9 Å². The topological polar surface area (TPSA) is 41.8 Å². The summed E-state index contributed by atoms with van der Waals surface area (Å²) in [5.74, 6) is 0.288. The first-order chi connectivity index (χ1) is 8.29. The number of hydrogen-bond donors (Lipinski definition) is 1. The number of hydrogen-bond acceptors (Lipinski definition) is 3. The first-order valence-electron chi connectivity index (χ1n) is 6.30. The van der Waals surface area contributed by atoms with Crippen molar-refractivity contribution in [2.24, 2.45) is 5.16 Å². The molecule has 0 saturated heterocycles. The molecule has 3 nitrogen and oxygen atoms in total. The van der Waals surface area contributed by atoms with Crippen LogP contribution < -0.4 is 0 Å². The van der Waals surface area contributed by atoms with Crippen molar-refractivity contribution in [1.29, 1.82) is 0 Å². The highest BCUT2D eigenvalue weighted by molar-refractivity contribution is 5.85. The van der Waals surface area contributed by atoms with Crippen LogP contribution in [0.15, 0.2) is 29.4 Å². The van der Waals surface area contributed by atoms with Crippen LogP contribution >= 0.6 is 0 Å². The molecule has 0 radical (unpaired) electrons. The zero-order valence-electron chi connectivity index (χ0n) is 10.2. The Kier molecular flexibility index (Phi) is 4.02. The van der Waals surface area contributed by atoms with E-state index in [1.807, 2.05) is 12.1 Å². The van der Waals surface area contributed by atoms with E-state index in [1.54, 1.807) is 12.1 Å². The van der Waals surface area contributed by atoms with Crippen LogP contribution in [0.2, 0.25) is 0 Å². The highest BCUT2D eigenvalue weighted by Crippen LogP contribution is 2.29. The zero-order valence-corrected chi connectivity index (χ0v) is 10.2. The van der Waals surface area contributed by atoms with Gasteiger partial charge in [-0.15, -0.1) is 0 Å². The molecule has 0 aromatic heterocycles. The third-order valence-corrected chi connectivity index (χ3v) is 3.06. The first kappa shape index (κ1) is 12.0. The molecule has 0 aliphatic carbocycles. The Balaban J connectivity index is 1.85. The molecule has 0 fully saturated rings. The minimum absolute atomic E-state index is 0.0345. The minimum Gasteiger partial charge on any atom is -0.508 e. The maximum Gasteiger partial charge on any atom is 0.157 e. The summed E-state index contributed by atoms with van der Waals surface area (Å²) in [5.41, 5.74) is 2.24. The van der Waals surface area contributed by atoms with Crippen molar-refractivity contribution >= 4 is 5.71 Å². The Morgan fingerprint density at radius 1 is 1.29 bits per heavy atom. The Labute approximate surface area is 102 Å². The third kappa shape index (κ3) is 3.22. The van der Waals surface area contributed by atoms with Crippen LogP contribution in [0.1, 0.15) is 50.7 Å². The van der Waals surface area contributed by atoms with Crippen LogP contribution in [0.3, 0.4) is 0 Å². The van der Waals surface area contributed by atoms with Gasteiger partial charge in [0.25, 0.3) is 0 Å². The Morgan fingerprint density at radius 3 is 2.76 bits per heavy atom. The van der Waals surface area contributed by atoms with Gasteiger partial charge in [-0.1, -0.05) is 37.1 Å². The van der Waals surface area contributed by atoms with Gasteiger partial charge in [0, 0.05) is 6.42 Å². The summed E-state index contributed by atoms with van der Waals surface area (Å²) in [4.78, 5) is 5.43. The van der Waals surface area contributed by atoms with Crippen molar-refractivity contribution < 1.29 is 9.94 Å². The van der Waals surface area contributed by atoms with Crippen molar-refractivity contribution in [3.05, 3.63) is 29.8 Å². The summed E-state index contributed by atoms with van der Waals surface area (Å²) in [6, 6.07) is 7.16. The molecule has 17 heavy (non-hydrogen) atoms. The molecule has 1 heterocycles. The predicted molar refractivity (Wildman–Crippen MR) is 68.1 cm³/mol. The standard InChI is InChI=1S/C14H19NO2/c1-2-3-4-5-12-10-14(17-15-12)11-6-8-13(16)9-7-11/h6-9,14,16H,2-5,10H2,1H3. The minimum atomic E-state index is 0.0345. The Bertz CT molecular complexity index is 384. The van der Waals surface area contributed by atoms with Gasteiger partial charge < -0.3 is 9.94 Å². The summed E-state index contributed by atoms with van der Waals surface area (Å²) >= 11 is 0. The molecule has 92 valence electrons. The van der Waals surface area contributed by atoms with E-state index in [0.29, 0.717) is 0 Å². The van der Waals surface area contributed by atoms with Gasteiger partial charge in [0.15, 0.2) is 6.10 Å². The molecule has 1 aromatic carbocycles. The van der Waals surface area contributed by atoms with Gasteiger partial charge in [-0.25, -0.2) is 0 Å². The lowest BCUT2D eigenvalue weighted by atomic mass is 10.0. The molecule has 0 saturated carbocycles. The molecule has 1 atom stereocenters. The number of phenols is 1. The van der Waals surface area contributed by atoms with Crippen LogP contribution in [-0.2, 0) is 4.84 Å². The van der Waals surface area contributed by atoms with Crippen LogP contribution in [-0.4, -0.2) is 10.8 Å². The molecule has 0 bridgehead atoms. The van der Waals surface area contributed by atoms with Crippen LogP contribution in [0.4, 0.5) is 0 Å². The number of aromatic hydroxyl groups is 1. The van der Waals surface area contributed by atoms with Gasteiger partial charge in [-0.2, -0.15) is 0 Å². The average molecular weight is 233 g/mol.